The molecule has 0 atom stereocenters. The first-order valence-corrected chi connectivity index (χ1v) is 6.18. The van der Waals surface area contributed by atoms with E-state index in [4.69, 9.17) is 4.74 Å². The number of rotatable bonds is 3. The van der Waals surface area contributed by atoms with E-state index in [1.807, 2.05) is 0 Å². The molecule has 19 heavy (non-hydrogen) atoms. The lowest BCUT2D eigenvalue weighted by Gasteiger charge is -2.01. The molecule has 1 N–H and O–H groups in total. The Hall–Kier alpha value is -2.28. The SMILES string of the molecule is O=C(OCc1cnsn1)c1c[nH]c2cccc(F)c12. The Kier molecular flexibility index (Phi) is 2.96. The maximum atomic E-state index is 13.7. The van der Waals surface area contributed by atoms with Gasteiger partial charge in [0.2, 0.25) is 0 Å². The van der Waals surface area contributed by atoms with Crippen LogP contribution in [-0.4, -0.2) is 19.7 Å². The molecular weight excluding hydrogens is 269 g/mol. The van der Waals surface area contributed by atoms with Crippen LogP contribution in [0.5, 0.6) is 0 Å². The molecule has 3 rings (SSSR count). The molecule has 3 aromatic rings. The van der Waals surface area contributed by atoms with Gasteiger partial charge < -0.3 is 9.72 Å². The van der Waals surface area contributed by atoms with Gasteiger partial charge in [-0.1, -0.05) is 6.07 Å². The maximum Gasteiger partial charge on any atom is 0.340 e. The van der Waals surface area contributed by atoms with Crippen LogP contribution >= 0.6 is 11.7 Å². The molecule has 2 heterocycles. The van der Waals surface area contributed by atoms with Gasteiger partial charge in [0.05, 0.1) is 23.5 Å². The second-order valence-corrected chi connectivity index (χ2v) is 4.40. The highest BCUT2D eigenvalue weighted by Crippen LogP contribution is 2.22. The quantitative estimate of drug-likeness (QED) is 0.747. The molecule has 7 heteroatoms. The monoisotopic (exact) mass is 277 g/mol. The zero-order valence-corrected chi connectivity index (χ0v) is 10.4. The van der Waals surface area contributed by atoms with E-state index >= 15 is 0 Å². The summed E-state index contributed by atoms with van der Waals surface area (Å²) in [7, 11) is 0. The van der Waals surface area contributed by atoms with Crippen LogP contribution in [-0.2, 0) is 11.3 Å². The summed E-state index contributed by atoms with van der Waals surface area (Å²) >= 11 is 1.04. The zero-order valence-electron chi connectivity index (χ0n) is 9.59. The van der Waals surface area contributed by atoms with Crippen molar-refractivity contribution in [3.05, 3.63) is 47.7 Å². The molecule has 1 aromatic carbocycles. The van der Waals surface area contributed by atoms with E-state index in [-0.39, 0.29) is 17.6 Å². The van der Waals surface area contributed by atoms with Crippen LogP contribution in [0.1, 0.15) is 16.1 Å². The van der Waals surface area contributed by atoms with Crippen LogP contribution in [0.4, 0.5) is 4.39 Å². The van der Waals surface area contributed by atoms with E-state index in [1.165, 1.54) is 18.5 Å². The number of esters is 1. The van der Waals surface area contributed by atoms with E-state index in [0.717, 1.165) is 11.7 Å². The van der Waals surface area contributed by atoms with Crippen LogP contribution in [0, 0.1) is 5.82 Å². The molecule has 0 spiro atoms. The first-order chi connectivity index (χ1) is 9.25. The third-order valence-electron chi connectivity index (χ3n) is 2.63. The van der Waals surface area contributed by atoms with Gasteiger partial charge in [0.1, 0.15) is 18.1 Å². The molecule has 0 bridgehead atoms. The highest BCUT2D eigenvalue weighted by Gasteiger charge is 2.16. The van der Waals surface area contributed by atoms with Crippen molar-refractivity contribution in [1.82, 2.24) is 13.7 Å². The zero-order chi connectivity index (χ0) is 13.2. The van der Waals surface area contributed by atoms with Crippen molar-refractivity contribution >= 4 is 28.6 Å². The third-order valence-corrected chi connectivity index (χ3v) is 3.15. The molecule has 0 saturated heterocycles. The van der Waals surface area contributed by atoms with E-state index in [2.05, 4.69) is 13.7 Å². The minimum absolute atomic E-state index is 0.0243. The van der Waals surface area contributed by atoms with Gasteiger partial charge in [-0.15, -0.1) is 0 Å². The van der Waals surface area contributed by atoms with Crippen molar-refractivity contribution in [3.63, 3.8) is 0 Å². The Balaban J connectivity index is 1.85. The summed E-state index contributed by atoms with van der Waals surface area (Å²) in [6.07, 6.45) is 2.96. The van der Waals surface area contributed by atoms with Crippen LogP contribution in [0.25, 0.3) is 10.9 Å². The lowest BCUT2D eigenvalue weighted by atomic mass is 10.1. The predicted octanol–water partition coefficient (Wildman–Crippen LogP) is 2.52. The van der Waals surface area contributed by atoms with Gasteiger partial charge in [0, 0.05) is 17.1 Å². The molecule has 0 aliphatic carbocycles. The molecule has 0 radical (unpaired) electrons. The van der Waals surface area contributed by atoms with Gasteiger partial charge in [-0.05, 0) is 12.1 Å². The average Bonchev–Trinajstić information content (AvgIpc) is 3.05. The summed E-state index contributed by atoms with van der Waals surface area (Å²) in [5, 5.41) is 0.240. The Morgan fingerprint density at radius 2 is 2.37 bits per heavy atom. The van der Waals surface area contributed by atoms with Gasteiger partial charge >= 0.3 is 5.97 Å². The summed E-state index contributed by atoms with van der Waals surface area (Å²) < 4.78 is 26.5. The Morgan fingerprint density at radius 3 is 3.16 bits per heavy atom. The number of ether oxygens (including phenoxy) is 1. The minimum Gasteiger partial charge on any atom is -0.455 e. The number of carbonyl (C=O) groups excluding carboxylic acids is 1. The highest BCUT2D eigenvalue weighted by molar-refractivity contribution is 6.99. The van der Waals surface area contributed by atoms with Crippen molar-refractivity contribution in [2.45, 2.75) is 6.61 Å². The fraction of sp³-hybridized carbons (Fsp3) is 0.0833. The van der Waals surface area contributed by atoms with Crippen molar-refractivity contribution in [1.29, 1.82) is 0 Å². The largest absolute Gasteiger partial charge is 0.455 e. The fourth-order valence-corrected chi connectivity index (χ4v) is 2.19. The summed E-state index contributed by atoms with van der Waals surface area (Å²) in [5.41, 5.74) is 1.30. The summed E-state index contributed by atoms with van der Waals surface area (Å²) in [6, 6.07) is 4.57. The van der Waals surface area contributed by atoms with Crippen LogP contribution in [0.3, 0.4) is 0 Å². The first kappa shape index (κ1) is 11.8. The molecule has 0 aliphatic rings. The number of nitrogens with one attached hydrogen (secondary N) is 1. The number of nitrogens with zero attached hydrogens (tertiary/aromatic N) is 2. The van der Waals surface area contributed by atoms with Crippen LogP contribution in [0.2, 0.25) is 0 Å². The summed E-state index contributed by atoms with van der Waals surface area (Å²) in [5.74, 6) is -1.05. The second-order valence-electron chi connectivity index (χ2n) is 3.84. The van der Waals surface area contributed by atoms with Crippen molar-refractivity contribution < 1.29 is 13.9 Å². The fourth-order valence-electron chi connectivity index (χ4n) is 1.77. The predicted molar refractivity (Wildman–Crippen MR) is 67.3 cm³/mol. The molecule has 5 nitrogen and oxygen atoms in total. The topological polar surface area (TPSA) is 67.9 Å². The number of carbonyl (C=O) groups is 1. The van der Waals surface area contributed by atoms with E-state index < -0.39 is 11.8 Å². The van der Waals surface area contributed by atoms with E-state index in [0.29, 0.717) is 11.2 Å². The van der Waals surface area contributed by atoms with Gasteiger partial charge in [-0.3, -0.25) is 0 Å². The molecule has 0 amide bonds. The van der Waals surface area contributed by atoms with Gasteiger partial charge in [0.25, 0.3) is 0 Å². The number of H-pyrrole nitrogens is 1. The standard InChI is InChI=1S/C12H8FN3O2S/c13-9-2-1-3-10-11(9)8(5-14-10)12(17)18-6-7-4-15-19-16-7/h1-5,14H,6H2. The van der Waals surface area contributed by atoms with Crippen molar-refractivity contribution in [2.24, 2.45) is 0 Å². The van der Waals surface area contributed by atoms with Crippen molar-refractivity contribution in [3.8, 4) is 0 Å². The normalized spacial score (nSPS) is 10.8. The van der Waals surface area contributed by atoms with E-state index in [1.54, 1.807) is 12.1 Å². The number of halogens is 1. The van der Waals surface area contributed by atoms with Crippen LogP contribution < -0.4 is 0 Å². The second kappa shape index (κ2) is 4.77. The lowest BCUT2D eigenvalue weighted by molar-refractivity contribution is 0.0471. The Labute approximate surface area is 111 Å². The number of hydrogen-bond donors (Lipinski definition) is 1. The Bertz CT molecular complexity index is 724. The molecule has 96 valence electrons. The van der Waals surface area contributed by atoms with Gasteiger partial charge in [-0.2, -0.15) is 8.75 Å². The molecule has 0 unspecified atom stereocenters. The van der Waals surface area contributed by atoms with E-state index in [9.17, 15) is 9.18 Å². The average molecular weight is 277 g/mol. The van der Waals surface area contributed by atoms with Gasteiger partial charge in [0.15, 0.2) is 0 Å². The molecule has 0 fully saturated rings. The molecular formula is C12H8FN3O2S. The van der Waals surface area contributed by atoms with Crippen LogP contribution in [0.15, 0.2) is 30.6 Å². The molecule has 0 saturated carbocycles. The Morgan fingerprint density at radius 1 is 1.47 bits per heavy atom. The minimum atomic E-state index is -0.593. The smallest absolute Gasteiger partial charge is 0.340 e. The molecule has 2 aromatic heterocycles. The number of hydrogen-bond acceptors (Lipinski definition) is 5. The number of aromatic amines is 1. The van der Waals surface area contributed by atoms with Crippen molar-refractivity contribution in [2.75, 3.05) is 0 Å². The first-order valence-electron chi connectivity index (χ1n) is 5.45. The number of aromatic nitrogens is 3. The highest BCUT2D eigenvalue weighted by atomic mass is 32.1. The number of benzene rings is 1. The summed E-state index contributed by atoms with van der Waals surface area (Å²) in [6.45, 7) is 0.0243. The lowest BCUT2D eigenvalue weighted by Crippen LogP contribution is -2.05. The number of fused-ring (bicyclic) bond motifs is 1. The third kappa shape index (κ3) is 2.19. The summed E-state index contributed by atoms with van der Waals surface area (Å²) in [4.78, 5) is 14.7. The van der Waals surface area contributed by atoms with Gasteiger partial charge in [-0.25, -0.2) is 9.18 Å². The maximum absolute atomic E-state index is 13.7. The molecule has 0 aliphatic heterocycles.